The number of benzene rings is 1. The molecule has 0 saturated carbocycles. The number of aliphatic imine (C=N–C) groups is 1. The van der Waals surface area contributed by atoms with E-state index in [1.165, 1.54) is 6.07 Å². The number of nitrogens with one attached hydrogen (secondary N) is 2. The largest absolute Gasteiger partial charge is 0.434 e. The Morgan fingerprint density at radius 3 is 2.60 bits per heavy atom. The first-order valence-corrected chi connectivity index (χ1v) is 8.02. The van der Waals surface area contributed by atoms with E-state index < -0.39 is 17.9 Å². The van der Waals surface area contributed by atoms with E-state index in [1.807, 2.05) is 13.8 Å². The third kappa shape index (κ3) is 6.94. The fourth-order valence-electron chi connectivity index (χ4n) is 1.94. The molecule has 0 fully saturated rings. The van der Waals surface area contributed by atoms with Crippen molar-refractivity contribution in [3.05, 3.63) is 29.3 Å². The number of nitrogens with zero attached hydrogens (tertiary/aromatic N) is 1. The zero-order valence-corrected chi connectivity index (χ0v) is 15.0. The van der Waals surface area contributed by atoms with Gasteiger partial charge in [-0.3, -0.25) is 4.79 Å². The predicted molar refractivity (Wildman–Crippen MR) is 93.6 cm³/mol. The van der Waals surface area contributed by atoms with Gasteiger partial charge in [0.2, 0.25) is 5.91 Å². The molecule has 25 heavy (non-hydrogen) atoms. The number of rotatable bonds is 8. The van der Waals surface area contributed by atoms with Crippen LogP contribution in [0.25, 0.3) is 0 Å². The molecule has 0 atom stereocenters. The van der Waals surface area contributed by atoms with Crippen LogP contribution >= 0.6 is 0 Å². The Bertz CT molecular complexity index is 619. The normalized spacial score (nSPS) is 12.2. The quantitative estimate of drug-likeness (QED) is 0.492. The molecule has 0 heterocycles. The second kappa shape index (κ2) is 9.19. The van der Waals surface area contributed by atoms with Gasteiger partial charge in [0.25, 0.3) is 0 Å². The van der Waals surface area contributed by atoms with Crippen molar-refractivity contribution in [3.63, 3.8) is 0 Å². The summed E-state index contributed by atoms with van der Waals surface area (Å²) in [4.78, 5) is 15.8. The number of carbonyl (C=O) groups is 1. The predicted octanol–water partition coefficient (Wildman–Crippen LogP) is 2.16. The highest BCUT2D eigenvalue weighted by Crippen LogP contribution is 2.23. The van der Waals surface area contributed by atoms with Crippen LogP contribution in [-0.2, 0) is 11.3 Å². The van der Waals surface area contributed by atoms with Crippen molar-refractivity contribution >= 4 is 11.9 Å². The highest BCUT2D eigenvalue weighted by molar-refractivity contribution is 5.83. The first kappa shape index (κ1) is 20.7. The lowest BCUT2D eigenvalue weighted by Gasteiger charge is -2.22. The number of nitrogens with two attached hydrogens (primary N) is 1. The molecule has 8 heteroatoms. The van der Waals surface area contributed by atoms with Crippen molar-refractivity contribution in [2.24, 2.45) is 16.1 Å². The number of hydrogen-bond donors (Lipinski definition) is 3. The summed E-state index contributed by atoms with van der Waals surface area (Å²) in [5, 5.41) is 6.07. The number of primary amides is 1. The van der Waals surface area contributed by atoms with Gasteiger partial charge in [0.15, 0.2) is 5.96 Å². The van der Waals surface area contributed by atoms with E-state index in [-0.39, 0.29) is 12.3 Å². The molecule has 6 nitrogen and oxygen atoms in total. The van der Waals surface area contributed by atoms with Crippen LogP contribution in [0, 0.1) is 12.3 Å². The topological polar surface area (TPSA) is 88.7 Å². The maximum Gasteiger partial charge on any atom is 0.387 e. The number of alkyl halides is 2. The first-order valence-electron chi connectivity index (χ1n) is 8.02. The van der Waals surface area contributed by atoms with Gasteiger partial charge in [-0.15, -0.1) is 0 Å². The fourth-order valence-corrected chi connectivity index (χ4v) is 1.94. The molecule has 1 aromatic rings. The molecule has 0 aliphatic carbocycles. The number of halogens is 2. The van der Waals surface area contributed by atoms with Gasteiger partial charge in [0, 0.05) is 18.7 Å². The first-order chi connectivity index (χ1) is 11.7. The van der Waals surface area contributed by atoms with Gasteiger partial charge in [-0.1, -0.05) is 17.7 Å². The molecule has 1 rings (SSSR count). The van der Waals surface area contributed by atoms with Gasteiger partial charge >= 0.3 is 6.61 Å². The van der Waals surface area contributed by atoms with Crippen LogP contribution in [-0.4, -0.2) is 31.6 Å². The van der Waals surface area contributed by atoms with E-state index in [2.05, 4.69) is 20.4 Å². The Labute approximate surface area is 146 Å². The second-order valence-corrected chi connectivity index (χ2v) is 6.29. The summed E-state index contributed by atoms with van der Waals surface area (Å²) < 4.78 is 29.6. The minimum Gasteiger partial charge on any atom is -0.434 e. The number of ether oxygens (including phenoxy) is 1. The van der Waals surface area contributed by atoms with E-state index >= 15 is 0 Å². The summed E-state index contributed by atoms with van der Waals surface area (Å²) in [6.07, 6.45) is 0. The average molecular weight is 356 g/mol. The Hall–Kier alpha value is -2.38. The van der Waals surface area contributed by atoms with Crippen LogP contribution in [0.1, 0.15) is 31.9 Å². The van der Waals surface area contributed by atoms with E-state index in [9.17, 15) is 13.6 Å². The molecule has 1 amide bonds. The number of guanidine groups is 1. The minimum atomic E-state index is -2.90. The van der Waals surface area contributed by atoms with Crippen molar-refractivity contribution in [1.29, 1.82) is 0 Å². The van der Waals surface area contributed by atoms with Gasteiger partial charge in [0.1, 0.15) is 5.75 Å². The molecule has 1 aromatic carbocycles. The Kier molecular flexibility index (Phi) is 7.60. The van der Waals surface area contributed by atoms with Gasteiger partial charge in [-0.25, -0.2) is 4.99 Å². The lowest BCUT2D eigenvalue weighted by atomic mass is 9.93. The molecule has 0 spiro atoms. The van der Waals surface area contributed by atoms with Crippen molar-refractivity contribution in [1.82, 2.24) is 10.6 Å². The van der Waals surface area contributed by atoms with Gasteiger partial charge < -0.3 is 21.1 Å². The fraction of sp³-hybridized carbons (Fsp3) is 0.529. The van der Waals surface area contributed by atoms with Crippen molar-refractivity contribution in [2.45, 2.75) is 40.9 Å². The lowest BCUT2D eigenvalue weighted by molar-refractivity contribution is -0.125. The Morgan fingerprint density at radius 2 is 2.04 bits per heavy atom. The molecule has 0 radical (unpaired) electrons. The molecule has 0 aromatic heterocycles. The third-order valence-corrected chi connectivity index (χ3v) is 3.55. The maximum atomic E-state index is 12.5. The van der Waals surface area contributed by atoms with Gasteiger partial charge in [-0.05, 0) is 33.8 Å². The Morgan fingerprint density at radius 1 is 1.36 bits per heavy atom. The molecular weight excluding hydrogens is 330 g/mol. The highest BCUT2D eigenvalue weighted by atomic mass is 19.3. The SMILES string of the molecule is CCNC(=NCc1cc(C)ccc1OC(F)F)NCC(C)(C)C(N)=O. The van der Waals surface area contributed by atoms with E-state index in [4.69, 9.17) is 5.73 Å². The number of amides is 1. The lowest BCUT2D eigenvalue weighted by Crippen LogP contribution is -2.46. The summed E-state index contributed by atoms with van der Waals surface area (Å²) >= 11 is 0. The molecule has 0 bridgehead atoms. The van der Waals surface area contributed by atoms with Crippen LogP contribution in [0.2, 0.25) is 0 Å². The minimum absolute atomic E-state index is 0.0951. The van der Waals surface area contributed by atoms with E-state index in [1.54, 1.807) is 26.0 Å². The molecule has 0 unspecified atom stereocenters. The average Bonchev–Trinajstić information content (AvgIpc) is 2.51. The monoisotopic (exact) mass is 356 g/mol. The molecular formula is C17H26F2N4O2. The maximum absolute atomic E-state index is 12.5. The molecule has 140 valence electrons. The van der Waals surface area contributed by atoms with E-state index in [0.29, 0.717) is 24.6 Å². The van der Waals surface area contributed by atoms with Crippen LogP contribution in [0.15, 0.2) is 23.2 Å². The third-order valence-electron chi connectivity index (χ3n) is 3.55. The van der Waals surface area contributed by atoms with Crippen LogP contribution in [0.4, 0.5) is 8.78 Å². The summed E-state index contributed by atoms with van der Waals surface area (Å²) in [7, 11) is 0. The number of hydrogen-bond acceptors (Lipinski definition) is 3. The van der Waals surface area contributed by atoms with Crippen LogP contribution in [0.3, 0.4) is 0 Å². The summed E-state index contributed by atoms with van der Waals surface area (Å²) in [6.45, 7) is 5.36. The smallest absolute Gasteiger partial charge is 0.387 e. The standard InChI is InChI=1S/C17H26F2N4O2/c1-5-21-16(23-10-17(3,4)14(20)24)22-9-12-8-11(2)6-7-13(12)25-15(18)19/h6-8,15H,5,9-10H2,1-4H3,(H2,20,24)(H2,21,22,23). The molecule has 0 saturated heterocycles. The molecule has 4 N–H and O–H groups in total. The van der Waals surface area contributed by atoms with Gasteiger partial charge in [0.05, 0.1) is 12.0 Å². The van der Waals surface area contributed by atoms with E-state index in [0.717, 1.165) is 5.56 Å². The van der Waals surface area contributed by atoms with Gasteiger partial charge in [-0.2, -0.15) is 8.78 Å². The zero-order chi connectivity index (χ0) is 19.0. The zero-order valence-electron chi connectivity index (χ0n) is 15.0. The number of aryl methyl sites for hydroxylation is 1. The van der Waals surface area contributed by atoms with Crippen molar-refractivity contribution in [3.8, 4) is 5.75 Å². The second-order valence-electron chi connectivity index (χ2n) is 6.29. The van der Waals surface area contributed by atoms with Crippen molar-refractivity contribution < 1.29 is 18.3 Å². The summed E-state index contributed by atoms with van der Waals surface area (Å²) in [5.74, 6) is 0.126. The summed E-state index contributed by atoms with van der Waals surface area (Å²) in [5.41, 5.74) is 6.07. The van der Waals surface area contributed by atoms with Crippen LogP contribution in [0.5, 0.6) is 5.75 Å². The Balaban J connectivity index is 2.90. The number of carbonyl (C=O) groups excluding carboxylic acids is 1. The van der Waals surface area contributed by atoms with Crippen molar-refractivity contribution in [2.75, 3.05) is 13.1 Å². The summed E-state index contributed by atoms with van der Waals surface area (Å²) in [6, 6.07) is 4.95. The highest BCUT2D eigenvalue weighted by Gasteiger charge is 2.25. The van der Waals surface area contributed by atoms with Crippen LogP contribution < -0.4 is 21.1 Å². The molecule has 0 aliphatic rings. The molecule has 0 aliphatic heterocycles.